The number of likely N-dealkylation sites (tertiary alicyclic amines) is 1. The molecule has 1 heterocycles. The highest BCUT2D eigenvalue weighted by atomic mass is 16.6. The third-order valence-electron chi connectivity index (χ3n) is 4.38. The van der Waals surface area contributed by atoms with E-state index in [1.807, 2.05) is 30.3 Å². The number of nitrogens with zero attached hydrogens (tertiary/aromatic N) is 1. The first kappa shape index (κ1) is 21.2. The molecule has 1 aliphatic rings. The molecule has 1 aromatic rings. The third-order valence-corrected chi connectivity index (χ3v) is 4.38. The molecule has 2 rings (SSSR count). The van der Waals surface area contributed by atoms with Crippen molar-refractivity contribution in [2.45, 2.75) is 64.7 Å². The molecule has 0 aliphatic carbocycles. The Kier molecular flexibility index (Phi) is 8.10. The van der Waals surface area contributed by atoms with Crippen molar-refractivity contribution < 1.29 is 19.1 Å². The van der Waals surface area contributed by atoms with Crippen LogP contribution in [0.2, 0.25) is 0 Å². The summed E-state index contributed by atoms with van der Waals surface area (Å²) in [6, 6.07) is 8.79. The molecule has 150 valence electrons. The summed E-state index contributed by atoms with van der Waals surface area (Å²) in [5.41, 5.74) is 0.299. The molecule has 6 heteroatoms. The number of carbonyl (C=O) groups excluding carboxylic acids is 2. The van der Waals surface area contributed by atoms with Crippen LogP contribution in [-0.2, 0) is 20.9 Å². The molecule has 0 bridgehead atoms. The van der Waals surface area contributed by atoms with E-state index in [2.05, 4.69) is 10.2 Å². The van der Waals surface area contributed by atoms with Crippen LogP contribution in [0.25, 0.3) is 0 Å². The average Bonchev–Trinajstić information content (AvgIpc) is 2.63. The Morgan fingerprint density at radius 1 is 1.11 bits per heavy atom. The quantitative estimate of drug-likeness (QED) is 0.738. The maximum Gasteiger partial charge on any atom is 0.408 e. The highest BCUT2D eigenvalue weighted by Gasteiger charge is 2.26. The van der Waals surface area contributed by atoms with Gasteiger partial charge in [0.2, 0.25) is 0 Å². The highest BCUT2D eigenvalue weighted by molar-refractivity contribution is 5.81. The van der Waals surface area contributed by atoms with Gasteiger partial charge in [0.1, 0.15) is 18.2 Å². The number of ether oxygens (including phenoxy) is 2. The number of esters is 1. The molecule has 1 atom stereocenters. The number of amides is 1. The summed E-state index contributed by atoms with van der Waals surface area (Å²) in [7, 11) is 0. The minimum absolute atomic E-state index is 0.190. The van der Waals surface area contributed by atoms with Crippen LogP contribution in [0.4, 0.5) is 4.79 Å². The molecule has 27 heavy (non-hydrogen) atoms. The summed E-state index contributed by atoms with van der Waals surface area (Å²) < 4.78 is 10.7. The minimum Gasteiger partial charge on any atom is -0.459 e. The van der Waals surface area contributed by atoms with E-state index in [0.29, 0.717) is 6.42 Å². The molecule has 1 N–H and O–H groups in total. The molecule has 0 spiro atoms. The van der Waals surface area contributed by atoms with Gasteiger partial charge in [-0.2, -0.15) is 0 Å². The lowest BCUT2D eigenvalue weighted by Gasteiger charge is -2.28. The number of alkyl carbamates (subject to hydrolysis) is 1. The fourth-order valence-electron chi connectivity index (χ4n) is 3.02. The molecule has 1 aliphatic heterocycles. The van der Waals surface area contributed by atoms with Crippen LogP contribution >= 0.6 is 0 Å². The fraction of sp³-hybridized carbons (Fsp3) is 0.619. The van der Waals surface area contributed by atoms with E-state index in [4.69, 9.17) is 9.47 Å². The van der Waals surface area contributed by atoms with Crippen LogP contribution in [0.5, 0.6) is 0 Å². The standard InChI is InChI=1S/C21H32N2O4/c1-21(2,3)27-20(25)22-18(12-15-23-13-8-5-9-14-23)19(24)26-16-17-10-6-4-7-11-17/h4,6-7,10-11,18H,5,8-9,12-16H2,1-3H3,(H,22,25). The maximum absolute atomic E-state index is 12.6. The van der Waals surface area contributed by atoms with Crippen molar-refractivity contribution in [1.82, 2.24) is 10.2 Å². The zero-order valence-corrected chi connectivity index (χ0v) is 16.7. The largest absolute Gasteiger partial charge is 0.459 e. The molecule has 1 unspecified atom stereocenters. The number of hydrogen-bond acceptors (Lipinski definition) is 5. The van der Waals surface area contributed by atoms with Crippen molar-refractivity contribution in [3.05, 3.63) is 35.9 Å². The van der Waals surface area contributed by atoms with E-state index in [9.17, 15) is 9.59 Å². The van der Waals surface area contributed by atoms with Crippen LogP contribution < -0.4 is 5.32 Å². The number of piperidine rings is 1. The van der Waals surface area contributed by atoms with E-state index in [-0.39, 0.29) is 6.61 Å². The monoisotopic (exact) mass is 376 g/mol. The van der Waals surface area contributed by atoms with Gasteiger partial charge in [0.05, 0.1) is 0 Å². The summed E-state index contributed by atoms with van der Waals surface area (Å²) in [6.45, 7) is 8.41. The lowest BCUT2D eigenvalue weighted by atomic mass is 10.1. The number of hydrogen-bond donors (Lipinski definition) is 1. The molecule has 1 saturated heterocycles. The van der Waals surface area contributed by atoms with Gasteiger partial charge in [0, 0.05) is 6.54 Å². The van der Waals surface area contributed by atoms with Crippen LogP contribution in [0.3, 0.4) is 0 Å². The number of carbonyl (C=O) groups is 2. The van der Waals surface area contributed by atoms with Crippen LogP contribution in [0, 0.1) is 0 Å². The van der Waals surface area contributed by atoms with Gasteiger partial charge in [0.15, 0.2) is 0 Å². The van der Waals surface area contributed by atoms with Crippen LogP contribution in [-0.4, -0.2) is 48.2 Å². The second kappa shape index (κ2) is 10.3. The Morgan fingerprint density at radius 3 is 2.41 bits per heavy atom. The number of nitrogens with one attached hydrogen (secondary N) is 1. The van der Waals surface area contributed by atoms with Crippen molar-refractivity contribution in [2.75, 3.05) is 19.6 Å². The summed E-state index contributed by atoms with van der Waals surface area (Å²) in [5, 5.41) is 2.69. The predicted molar refractivity (Wildman–Crippen MR) is 104 cm³/mol. The van der Waals surface area contributed by atoms with Gasteiger partial charge in [0.25, 0.3) is 0 Å². The zero-order valence-electron chi connectivity index (χ0n) is 16.7. The lowest BCUT2D eigenvalue weighted by molar-refractivity contribution is -0.147. The molecule has 0 aromatic heterocycles. The normalized spacial score (nSPS) is 16.4. The van der Waals surface area contributed by atoms with Gasteiger partial charge in [-0.15, -0.1) is 0 Å². The first-order valence-corrected chi connectivity index (χ1v) is 9.76. The Morgan fingerprint density at radius 2 is 1.78 bits per heavy atom. The predicted octanol–water partition coefficient (Wildman–Crippen LogP) is 3.50. The smallest absolute Gasteiger partial charge is 0.408 e. The number of rotatable bonds is 7. The van der Waals surface area contributed by atoms with Crippen molar-refractivity contribution in [3.8, 4) is 0 Å². The van der Waals surface area contributed by atoms with Gasteiger partial charge in [-0.1, -0.05) is 36.8 Å². The average molecular weight is 376 g/mol. The second-order valence-corrected chi connectivity index (χ2v) is 7.98. The molecule has 0 radical (unpaired) electrons. The Bertz CT molecular complexity index is 592. The Labute approximate surface area is 162 Å². The molecular formula is C21H32N2O4. The molecule has 1 fully saturated rings. The SMILES string of the molecule is CC(C)(C)OC(=O)NC(CCN1CCCCC1)C(=O)OCc1ccccc1. The number of benzene rings is 1. The van der Waals surface area contributed by atoms with Gasteiger partial charge < -0.3 is 19.7 Å². The Hall–Kier alpha value is -2.08. The van der Waals surface area contributed by atoms with E-state index in [0.717, 1.165) is 25.2 Å². The molecule has 6 nitrogen and oxygen atoms in total. The van der Waals surface area contributed by atoms with Crippen LogP contribution in [0.1, 0.15) is 52.0 Å². The van der Waals surface area contributed by atoms with Gasteiger partial charge >= 0.3 is 12.1 Å². The lowest BCUT2D eigenvalue weighted by Crippen LogP contribution is -2.46. The van der Waals surface area contributed by atoms with Gasteiger partial charge in [-0.3, -0.25) is 0 Å². The fourth-order valence-corrected chi connectivity index (χ4v) is 3.02. The van der Waals surface area contributed by atoms with Crippen molar-refractivity contribution in [1.29, 1.82) is 0 Å². The van der Waals surface area contributed by atoms with E-state index < -0.39 is 23.7 Å². The first-order chi connectivity index (χ1) is 12.8. The van der Waals surface area contributed by atoms with Gasteiger partial charge in [-0.25, -0.2) is 9.59 Å². The summed E-state index contributed by atoms with van der Waals surface area (Å²) in [6.07, 6.45) is 3.54. The van der Waals surface area contributed by atoms with Gasteiger partial charge in [-0.05, 0) is 58.7 Å². The molecule has 1 aromatic carbocycles. The Balaban J connectivity index is 1.91. The summed E-state index contributed by atoms with van der Waals surface area (Å²) in [4.78, 5) is 27.1. The molecule has 0 saturated carbocycles. The highest BCUT2D eigenvalue weighted by Crippen LogP contribution is 2.12. The molecule has 1 amide bonds. The summed E-state index contributed by atoms with van der Waals surface area (Å²) in [5.74, 6) is -0.429. The van der Waals surface area contributed by atoms with Crippen LogP contribution in [0.15, 0.2) is 30.3 Å². The van der Waals surface area contributed by atoms with Crippen molar-refractivity contribution in [2.24, 2.45) is 0 Å². The topological polar surface area (TPSA) is 67.9 Å². The summed E-state index contributed by atoms with van der Waals surface area (Å²) >= 11 is 0. The zero-order chi connectivity index (χ0) is 19.7. The minimum atomic E-state index is -0.717. The van der Waals surface area contributed by atoms with Crippen molar-refractivity contribution >= 4 is 12.1 Å². The van der Waals surface area contributed by atoms with Crippen molar-refractivity contribution in [3.63, 3.8) is 0 Å². The molecular weight excluding hydrogens is 344 g/mol. The third kappa shape index (κ3) is 8.43. The van der Waals surface area contributed by atoms with E-state index in [1.165, 1.54) is 19.3 Å². The maximum atomic E-state index is 12.6. The first-order valence-electron chi connectivity index (χ1n) is 9.76. The second-order valence-electron chi connectivity index (χ2n) is 7.98. The van der Waals surface area contributed by atoms with E-state index in [1.54, 1.807) is 20.8 Å². The van der Waals surface area contributed by atoms with E-state index >= 15 is 0 Å².